The molecule has 0 fully saturated rings. The molecule has 6 nitrogen and oxygen atoms in total. The van der Waals surface area contributed by atoms with E-state index in [1.165, 1.54) is 10.9 Å². The third-order valence-electron chi connectivity index (χ3n) is 2.46. The zero-order valence-corrected chi connectivity index (χ0v) is 10.3. The minimum atomic E-state index is -0.318. The highest BCUT2D eigenvalue weighted by Crippen LogP contribution is 2.15. The monoisotopic (exact) mass is 253 g/mol. The first kappa shape index (κ1) is 11.7. The van der Waals surface area contributed by atoms with Gasteiger partial charge in [0.15, 0.2) is 0 Å². The Labute approximate surface area is 103 Å². The van der Waals surface area contributed by atoms with E-state index < -0.39 is 0 Å². The number of halogens is 1. The van der Waals surface area contributed by atoms with E-state index in [1.807, 2.05) is 13.1 Å². The van der Waals surface area contributed by atoms with E-state index in [0.717, 1.165) is 5.69 Å². The largest absolute Gasteiger partial charge is 0.377 e. The van der Waals surface area contributed by atoms with E-state index in [2.05, 4.69) is 15.5 Å². The van der Waals surface area contributed by atoms with Gasteiger partial charge >= 0.3 is 0 Å². The average molecular weight is 254 g/mol. The second-order valence-corrected chi connectivity index (χ2v) is 3.98. The number of hydrogen-bond donors (Lipinski definition) is 1. The van der Waals surface area contributed by atoms with E-state index in [1.54, 1.807) is 17.9 Å². The highest BCUT2D eigenvalue weighted by molar-refractivity contribution is 6.32. The fraction of sp³-hybridized carbons (Fsp3) is 0.300. The van der Waals surface area contributed by atoms with Crippen LogP contribution in [0.15, 0.2) is 23.3 Å². The van der Waals surface area contributed by atoms with Crippen molar-refractivity contribution in [3.05, 3.63) is 39.5 Å². The maximum absolute atomic E-state index is 11.5. The molecule has 2 heterocycles. The lowest BCUT2D eigenvalue weighted by Gasteiger charge is -2.08. The summed E-state index contributed by atoms with van der Waals surface area (Å²) in [6.07, 6.45) is 3.24. The van der Waals surface area contributed by atoms with Crippen molar-refractivity contribution in [1.82, 2.24) is 19.6 Å². The SMILES string of the molecule is Cn1nccc1CNc1cnn(C)c(=O)c1Cl. The molecule has 2 aromatic heterocycles. The summed E-state index contributed by atoms with van der Waals surface area (Å²) >= 11 is 5.92. The predicted molar refractivity (Wildman–Crippen MR) is 65.0 cm³/mol. The van der Waals surface area contributed by atoms with Crippen LogP contribution in [-0.2, 0) is 20.6 Å². The molecular weight excluding hydrogens is 242 g/mol. The van der Waals surface area contributed by atoms with Crippen molar-refractivity contribution in [2.75, 3.05) is 5.32 Å². The van der Waals surface area contributed by atoms with Gasteiger partial charge in [0.1, 0.15) is 5.02 Å². The quantitative estimate of drug-likeness (QED) is 0.878. The Balaban J connectivity index is 2.18. The Bertz CT molecular complexity index is 589. The molecule has 0 atom stereocenters. The minimum absolute atomic E-state index is 0.143. The van der Waals surface area contributed by atoms with Gasteiger partial charge in [-0.3, -0.25) is 9.48 Å². The number of hydrogen-bond acceptors (Lipinski definition) is 4. The molecule has 0 amide bonds. The molecule has 0 bridgehead atoms. The molecule has 0 aliphatic carbocycles. The van der Waals surface area contributed by atoms with Gasteiger partial charge in [-0.2, -0.15) is 10.2 Å². The molecule has 0 aliphatic heterocycles. The number of aryl methyl sites for hydroxylation is 2. The van der Waals surface area contributed by atoms with Crippen molar-refractivity contribution >= 4 is 17.3 Å². The van der Waals surface area contributed by atoms with Gasteiger partial charge in [0.2, 0.25) is 0 Å². The van der Waals surface area contributed by atoms with Gasteiger partial charge in [-0.05, 0) is 6.07 Å². The zero-order valence-electron chi connectivity index (χ0n) is 9.51. The fourth-order valence-corrected chi connectivity index (χ4v) is 1.63. The standard InChI is InChI=1S/C10H12ClN5O/c1-15-7(3-4-13-15)5-12-8-6-14-16(2)10(17)9(8)11/h3-4,6,12H,5H2,1-2H3. The van der Waals surface area contributed by atoms with Crippen molar-refractivity contribution in [3.8, 4) is 0 Å². The molecule has 0 saturated carbocycles. The number of anilines is 1. The molecule has 17 heavy (non-hydrogen) atoms. The maximum Gasteiger partial charge on any atom is 0.287 e. The molecule has 0 unspecified atom stereocenters. The van der Waals surface area contributed by atoms with Crippen LogP contribution in [0.2, 0.25) is 5.02 Å². The average Bonchev–Trinajstić information content (AvgIpc) is 2.71. The summed E-state index contributed by atoms with van der Waals surface area (Å²) in [5.41, 5.74) is 1.19. The Kier molecular flexibility index (Phi) is 3.14. The van der Waals surface area contributed by atoms with Gasteiger partial charge in [0.05, 0.1) is 24.1 Å². The molecule has 7 heteroatoms. The molecule has 0 aromatic carbocycles. The highest BCUT2D eigenvalue weighted by Gasteiger charge is 2.07. The first-order valence-electron chi connectivity index (χ1n) is 5.02. The fourth-order valence-electron chi connectivity index (χ4n) is 1.39. The van der Waals surface area contributed by atoms with Crippen LogP contribution in [0.5, 0.6) is 0 Å². The number of rotatable bonds is 3. The van der Waals surface area contributed by atoms with Crippen LogP contribution in [0.1, 0.15) is 5.69 Å². The van der Waals surface area contributed by atoms with E-state index in [4.69, 9.17) is 11.6 Å². The molecule has 0 aliphatic rings. The van der Waals surface area contributed by atoms with E-state index in [0.29, 0.717) is 12.2 Å². The molecule has 0 radical (unpaired) electrons. The Morgan fingerprint density at radius 1 is 1.35 bits per heavy atom. The molecule has 2 aromatic rings. The molecule has 0 spiro atoms. The Morgan fingerprint density at radius 2 is 2.12 bits per heavy atom. The van der Waals surface area contributed by atoms with Gasteiger partial charge in [-0.15, -0.1) is 0 Å². The van der Waals surface area contributed by atoms with Crippen molar-refractivity contribution in [3.63, 3.8) is 0 Å². The van der Waals surface area contributed by atoms with E-state index in [-0.39, 0.29) is 10.6 Å². The van der Waals surface area contributed by atoms with Crippen molar-refractivity contribution < 1.29 is 0 Å². The predicted octanol–water partition coefficient (Wildman–Crippen LogP) is 0.779. The number of nitrogens with one attached hydrogen (secondary N) is 1. The third-order valence-corrected chi connectivity index (χ3v) is 2.83. The lowest BCUT2D eigenvalue weighted by Crippen LogP contribution is -2.21. The van der Waals surface area contributed by atoms with Gasteiger partial charge in [-0.1, -0.05) is 11.6 Å². The maximum atomic E-state index is 11.5. The van der Waals surface area contributed by atoms with Gasteiger partial charge in [-0.25, -0.2) is 4.68 Å². The molecule has 1 N–H and O–H groups in total. The Hall–Kier alpha value is -1.82. The van der Waals surface area contributed by atoms with Crippen molar-refractivity contribution in [2.24, 2.45) is 14.1 Å². The summed E-state index contributed by atoms with van der Waals surface area (Å²) in [7, 11) is 3.40. The van der Waals surface area contributed by atoms with Crippen LogP contribution in [0.3, 0.4) is 0 Å². The molecule has 0 saturated heterocycles. The molecular formula is C10H12ClN5O. The van der Waals surface area contributed by atoms with Crippen LogP contribution in [0, 0.1) is 0 Å². The van der Waals surface area contributed by atoms with Crippen LogP contribution >= 0.6 is 11.6 Å². The lowest BCUT2D eigenvalue weighted by atomic mass is 10.4. The van der Waals surface area contributed by atoms with E-state index in [9.17, 15) is 4.79 Å². The normalized spacial score (nSPS) is 10.5. The number of aromatic nitrogens is 4. The van der Waals surface area contributed by atoms with Crippen LogP contribution in [0.4, 0.5) is 5.69 Å². The topological polar surface area (TPSA) is 64.7 Å². The highest BCUT2D eigenvalue weighted by atomic mass is 35.5. The van der Waals surface area contributed by atoms with Crippen LogP contribution < -0.4 is 10.9 Å². The Morgan fingerprint density at radius 3 is 2.76 bits per heavy atom. The van der Waals surface area contributed by atoms with Gasteiger partial charge in [0, 0.05) is 20.3 Å². The smallest absolute Gasteiger partial charge is 0.287 e. The first-order valence-corrected chi connectivity index (χ1v) is 5.40. The summed E-state index contributed by atoms with van der Waals surface area (Å²) in [6, 6.07) is 1.88. The molecule has 2 rings (SSSR count). The van der Waals surface area contributed by atoms with E-state index >= 15 is 0 Å². The summed E-state index contributed by atoms with van der Waals surface area (Å²) < 4.78 is 2.94. The minimum Gasteiger partial charge on any atom is -0.377 e. The summed E-state index contributed by atoms with van der Waals surface area (Å²) in [5, 5.41) is 11.1. The summed E-state index contributed by atoms with van der Waals surface area (Å²) in [4.78, 5) is 11.5. The molecule has 90 valence electrons. The van der Waals surface area contributed by atoms with Gasteiger partial charge < -0.3 is 5.32 Å². The third kappa shape index (κ3) is 2.31. The first-order chi connectivity index (χ1) is 8.09. The van der Waals surface area contributed by atoms with Crippen molar-refractivity contribution in [2.45, 2.75) is 6.54 Å². The van der Waals surface area contributed by atoms with Crippen molar-refractivity contribution in [1.29, 1.82) is 0 Å². The zero-order chi connectivity index (χ0) is 12.4. The van der Waals surface area contributed by atoms with Crippen LogP contribution in [-0.4, -0.2) is 19.6 Å². The lowest BCUT2D eigenvalue weighted by molar-refractivity contribution is 0.704. The number of nitrogens with zero attached hydrogens (tertiary/aromatic N) is 4. The summed E-state index contributed by atoms with van der Waals surface area (Å²) in [5.74, 6) is 0. The van der Waals surface area contributed by atoms with Gasteiger partial charge in [0.25, 0.3) is 5.56 Å². The summed E-state index contributed by atoms with van der Waals surface area (Å²) in [6.45, 7) is 0.533. The van der Waals surface area contributed by atoms with Crippen LogP contribution in [0.25, 0.3) is 0 Å². The second kappa shape index (κ2) is 4.58. The second-order valence-electron chi connectivity index (χ2n) is 3.60.